The van der Waals surface area contributed by atoms with Crippen LogP contribution in [0.3, 0.4) is 0 Å². The number of methoxy groups -OCH3 is 2. The number of aromatic hydroxyl groups is 2. The van der Waals surface area contributed by atoms with Gasteiger partial charge in [0.1, 0.15) is 11.4 Å². The van der Waals surface area contributed by atoms with Gasteiger partial charge in [-0.05, 0) is 147 Å². The largest absolute Gasteiger partial charge is 0.508 e. The van der Waals surface area contributed by atoms with Crippen LogP contribution >= 0.6 is 113 Å². The smallest absolute Gasteiger partial charge is 0.119 e. The first kappa shape index (κ1) is 59.9. The van der Waals surface area contributed by atoms with E-state index < -0.39 is 0 Å². The molecule has 0 spiro atoms. The average molecular weight is 1720 g/mol. The summed E-state index contributed by atoms with van der Waals surface area (Å²) >= 11 is 11.5. The van der Waals surface area contributed by atoms with E-state index in [0.29, 0.717) is 59.2 Å². The van der Waals surface area contributed by atoms with E-state index in [-0.39, 0.29) is 54.3 Å². The summed E-state index contributed by atoms with van der Waals surface area (Å²) < 4.78 is 13.3. The molecule has 0 amide bonds. The summed E-state index contributed by atoms with van der Waals surface area (Å²) in [5, 5.41) is 41.6. The molecule has 0 aromatic heterocycles. The summed E-state index contributed by atoms with van der Waals surface area (Å²) in [6.07, 6.45) is 19.9. The minimum Gasteiger partial charge on any atom is -0.508 e. The fourth-order valence-corrected chi connectivity index (χ4v) is 10.4. The average Bonchev–Trinajstić information content (AvgIpc) is 3.66. The molecule has 0 bridgehead atoms. The summed E-state index contributed by atoms with van der Waals surface area (Å²) in [6.45, 7) is 4.46. The molecule has 6 nitrogen and oxygen atoms in total. The van der Waals surface area contributed by atoms with Crippen LogP contribution in [0.5, 0.6) is 11.5 Å². The van der Waals surface area contributed by atoms with E-state index in [4.69, 9.17) is 9.47 Å². The first-order valence-corrected chi connectivity index (χ1v) is 28.3. The molecule has 0 aliphatic heterocycles. The Labute approximate surface area is 454 Å². The van der Waals surface area contributed by atoms with Crippen LogP contribution in [-0.2, 0) is 77.3 Å². The van der Waals surface area contributed by atoms with Crippen molar-refractivity contribution in [3.05, 3.63) is 58.7 Å². The van der Waals surface area contributed by atoms with Crippen LogP contribution in [0.2, 0.25) is 0 Å². The van der Waals surface area contributed by atoms with Gasteiger partial charge in [0.25, 0.3) is 0 Å². The van der Waals surface area contributed by atoms with Gasteiger partial charge >= 0.3 is 0 Å². The second kappa shape index (κ2) is 33.4. The first-order chi connectivity index (χ1) is 27.4. The van der Waals surface area contributed by atoms with Gasteiger partial charge < -0.3 is 29.9 Å². The molecule has 59 heavy (non-hydrogen) atoms. The van der Waals surface area contributed by atoms with E-state index in [1.165, 1.54) is 52.1 Å². The number of aliphatic hydroxyl groups excluding tert-OH is 2. The number of alkyl halides is 5. The predicted octanol–water partition coefficient (Wildman–Crippen LogP) is 13.3. The van der Waals surface area contributed by atoms with Crippen molar-refractivity contribution >= 4 is 113 Å². The normalized spacial score (nSPS) is 25.7. The zero-order valence-corrected chi connectivity index (χ0v) is 52.2. The maximum Gasteiger partial charge on any atom is 0.119 e. The van der Waals surface area contributed by atoms with Crippen molar-refractivity contribution in [3.8, 4) is 11.5 Å². The van der Waals surface area contributed by atoms with Gasteiger partial charge in [-0.3, -0.25) is 0 Å². The molecule has 10 atom stereocenters. The van der Waals surface area contributed by atoms with E-state index in [0.717, 1.165) is 88.1 Å². The molecule has 4 N–H and O–H groups in total. The number of halogens is 5. The van der Waals surface area contributed by atoms with Gasteiger partial charge in [-0.2, -0.15) is 0 Å². The maximum atomic E-state index is 10.7. The summed E-state index contributed by atoms with van der Waals surface area (Å²) in [6, 6.07) is 11.8. The zero-order chi connectivity index (χ0) is 41.9. The number of fused-ring (bicyclic) bond motifs is 4. The number of hydrogen-bond acceptors (Lipinski definition) is 6. The number of unbranched alkanes of at least 4 members (excludes halogenated alkanes) is 4. The fraction of sp³-hybridized carbons (Fsp3) is 0.739. The number of hydrogen-bond donors (Lipinski definition) is 4. The Bertz CT molecular complexity index is 1310. The first-order valence-electron chi connectivity index (χ1n) is 21.5. The van der Waals surface area contributed by atoms with E-state index in [2.05, 4.69) is 139 Å². The fourth-order valence-electron chi connectivity index (χ4n) is 10.4. The molecule has 6 rings (SSSR count). The standard InChI is InChI=1S/2C22H34O3.CHI3.CH2I2.2W/c2*1-3-4-5-8-17(25-2)10-11-18-19-12-15-7-6-9-21(23)20(15)13-16(19)14-22(18)24;2-1(3)4;2-1-3;;/h2*6-7,9,16-19,22-24H,3-5,8,10-14H2,1-2H3;1H;1H2;;/t16-,17+,18+,19-,22+;16-,17-,18+,19-,22+;;;;/m10..../s1. The van der Waals surface area contributed by atoms with Crippen molar-refractivity contribution in [1.29, 1.82) is 0 Å². The summed E-state index contributed by atoms with van der Waals surface area (Å²) in [5.41, 5.74) is 4.80. The minimum absolute atomic E-state index is 0. The molecule has 338 valence electrons. The number of phenolic OH excluding ortho intramolecular Hbond substituents is 2. The third kappa shape index (κ3) is 20.0. The summed E-state index contributed by atoms with van der Waals surface area (Å²) in [7, 11) is 3.65. The van der Waals surface area contributed by atoms with Gasteiger partial charge in [0, 0.05) is 56.4 Å². The van der Waals surface area contributed by atoms with Gasteiger partial charge in [0.2, 0.25) is 0 Å². The summed E-state index contributed by atoms with van der Waals surface area (Å²) in [4.78, 5) is 0. The van der Waals surface area contributed by atoms with Gasteiger partial charge in [0.05, 0.1) is 26.9 Å². The Morgan fingerprint density at radius 1 is 0.610 bits per heavy atom. The van der Waals surface area contributed by atoms with Crippen LogP contribution in [0, 0.1) is 35.5 Å². The Hall–Kier alpha value is 2.91. The molecule has 2 saturated carbocycles. The number of rotatable bonds is 16. The Balaban J connectivity index is 0.000000495. The van der Waals surface area contributed by atoms with Crippen LogP contribution in [-0.4, -0.2) is 61.4 Å². The monoisotopic (exact) mass is 1720 g/mol. The van der Waals surface area contributed by atoms with Crippen LogP contribution in [0.15, 0.2) is 36.4 Å². The van der Waals surface area contributed by atoms with Crippen molar-refractivity contribution in [2.24, 2.45) is 35.5 Å². The van der Waals surface area contributed by atoms with Crippen molar-refractivity contribution < 1.29 is 72.0 Å². The van der Waals surface area contributed by atoms with Crippen molar-refractivity contribution in [2.75, 3.05) is 16.7 Å². The molecular weight excluding hydrogens is 1650 g/mol. The SMILES string of the molecule is CCCCC[C@@H](CC[C@@H]1[C@H]2Cc3cccc(O)c3C[C@H]2C[C@H]1O)OC.CCCCC[C@@H](CC[C@H]1[C@@H]2Cc3cccc(O)c3C[C@@H]2C[C@@H]1O)OC.IC(I)I.ICI.[W].[W]. The number of ether oxygens (including phenoxy) is 2. The van der Waals surface area contributed by atoms with Crippen LogP contribution in [0.1, 0.15) is 126 Å². The van der Waals surface area contributed by atoms with Gasteiger partial charge in [0.15, 0.2) is 0 Å². The molecule has 0 saturated heterocycles. The van der Waals surface area contributed by atoms with Gasteiger partial charge in [-0.25, -0.2) is 0 Å². The van der Waals surface area contributed by atoms with E-state index >= 15 is 0 Å². The van der Waals surface area contributed by atoms with Crippen LogP contribution in [0.4, 0.5) is 0 Å². The van der Waals surface area contributed by atoms with Crippen molar-refractivity contribution in [3.63, 3.8) is 0 Å². The van der Waals surface area contributed by atoms with Crippen molar-refractivity contribution in [1.82, 2.24) is 0 Å². The van der Waals surface area contributed by atoms with E-state index in [9.17, 15) is 20.4 Å². The zero-order valence-electron chi connectivity index (χ0n) is 35.6. The molecule has 2 fully saturated rings. The van der Waals surface area contributed by atoms with Crippen LogP contribution in [0.25, 0.3) is 0 Å². The van der Waals surface area contributed by atoms with E-state index in [1.54, 1.807) is 12.1 Å². The molecule has 4 aliphatic carbocycles. The molecular formula is C46H71I5O6W2. The molecule has 4 aliphatic rings. The Kier molecular flexibility index (Phi) is 33.9. The molecule has 2 aromatic carbocycles. The van der Waals surface area contributed by atoms with Crippen LogP contribution < -0.4 is 0 Å². The molecule has 0 heterocycles. The molecule has 0 unspecified atom stereocenters. The second-order valence-electron chi connectivity index (χ2n) is 16.6. The molecule has 2 aromatic rings. The number of aliphatic hydroxyl groups is 2. The number of phenols is 2. The quantitative estimate of drug-likeness (QED) is 0.0759. The maximum absolute atomic E-state index is 10.7. The summed E-state index contributed by atoms with van der Waals surface area (Å²) in [5.74, 6) is 3.76. The topological polar surface area (TPSA) is 99.4 Å². The molecule has 13 heteroatoms. The van der Waals surface area contributed by atoms with Crippen molar-refractivity contribution in [2.45, 2.75) is 154 Å². The van der Waals surface area contributed by atoms with Gasteiger partial charge in [-0.15, -0.1) is 0 Å². The Morgan fingerprint density at radius 2 is 0.966 bits per heavy atom. The Morgan fingerprint density at radius 3 is 1.29 bits per heavy atom. The number of benzene rings is 2. The second-order valence-corrected chi connectivity index (χ2v) is 32.0. The third-order valence-corrected chi connectivity index (χ3v) is 13.3. The third-order valence-electron chi connectivity index (χ3n) is 13.3. The molecule has 0 radical (unpaired) electrons. The predicted molar refractivity (Wildman–Crippen MR) is 280 cm³/mol. The van der Waals surface area contributed by atoms with Gasteiger partial charge in [-0.1, -0.05) is 190 Å². The van der Waals surface area contributed by atoms with E-state index in [1.807, 2.05) is 26.4 Å². The minimum atomic E-state index is -0.195.